The van der Waals surface area contributed by atoms with Crippen LogP contribution in [0.15, 0.2) is 33.9 Å². The van der Waals surface area contributed by atoms with E-state index in [4.69, 9.17) is 11.6 Å². The fourth-order valence-electron chi connectivity index (χ4n) is 2.96. The van der Waals surface area contributed by atoms with Crippen molar-refractivity contribution in [3.63, 3.8) is 0 Å². The van der Waals surface area contributed by atoms with E-state index in [1.165, 1.54) is 6.42 Å². The summed E-state index contributed by atoms with van der Waals surface area (Å²) in [6.07, 6.45) is 2.25. The Morgan fingerprint density at radius 3 is 2.50 bits per heavy atom. The van der Waals surface area contributed by atoms with Gasteiger partial charge in [0, 0.05) is 18.1 Å². The highest BCUT2D eigenvalue weighted by Gasteiger charge is 2.29. The minimum absolute atomic E-state index is 0.343. The molecule has 4 heteroatoms. The minimum Gasteiger partial charge on any atom is -0.367 e. The van der Waals surface area contributed by atoms with Gasteiger partial charge >= 0.3 is 0 Å². The molecule has 20 heavy (non-hydrogen) atoms. The monoisotopic (exact) mass is 289 g/mol. The predicted molar refractivity (Wildman–Crippen MR) is 82.4 cm³/mol. The standard InChI is InChI=1S/C16H16ClNO2/c1-10-3-2-8-18(9-10)14-13(15(19)16(14)20)11-4-6-12(17)7-5-11/h4-7,10H,2-3,8-9H2,1H3/t10-/m0/s1. The summed E-state index contributed by atoms with van der Waals surface area (Å²) in [5.41, 5.74) is 1.22. The molecule has 1 saturated heterocycles. The Bertz CT molecular complexity index is 698. The van der Waals surface area contributed by atoms with Gasteiger partial charge in [-0.25, -0.2) is 0 Å². The van der Waals surface area contributed by atoms with E-state index in [1.54, 1.807) is 24.3 Å². The first-order chi connectivity index (χ1) is 9.58. The molecule has 3 nitrogen and oxygen atoms in total. The van der Waals surface area contributed by atoms with Crippen molar-refractivity contribution in [2.45, 2.75) is 19.8 Å². The molecule has 1 atom stereocenters. The molecular weight excluding hydrogens is 274 g/mol. The fraction of sp³-hybridized carbons (Fsp3) is 0.375. The van der Waals surface area contributed by atoms with Crippen molar-refractivity contribution in [1.82, 2.24) is 0 Å². The summed E-state index contributed by atoms with van der Waals surface area (Å²) in [5.74, 6) is 0.561. The van der Waals surface area contributed by atoms with Crippen LogP contribution in [0.2, 0.25) is 5.02 Å². The molecule has 1 aliphatic heterocycles. The van der Waals surface area contributed by atoms with E-state index in [-0.39, 0.29) is 10.9 Å². The minimum atomic E-state index is -0.374. The molecule has 0 N–H and O–H groups in total. The van der Waals surface area contributed by atoms with Gasteiger partial charge in [0.2, 0.25) is 10.9 Å². The van der Waals surface area contributed by atoms with Gasteiger partial charge in [-0.15, -0.1) is 0 Å². The summed E-state index contributed by atoms with van der Waals surface area (Å²) < 4.78 is 0. The molecular formula is C16H16ClNO2. The smallest absolute Gasteiger partial charge is 0.250 e. The van der Waals surface area contributed by atoms with Crippen LogP contribution in [0.4, 0.5) is 5.69 Å². The van der Waals surface area contributed by atoms with Gasteiger partial charge in [0.25, 0.3) is 0 Å². The molecule has 0 amide bonds. The van der Waals surface area contributed by atoms with Crippen LogP contribution < -0.4 is 15.8 Å². The molecule has 0 radical (unpaired) electrons. The van der Waals surface area contributed by atoms with Crippen LogP contribution >= 0.6 is 11.6 Å². The quantitative estimate of drug-likeness (QED) is 0.798. The summed E-state index contributed by atoms with van der Waals surface area (Å²) in [6.45, 7) is 3.89. The highest BCUT2D eigenvalue weighted by atomic mass is 35.5. The van der Waals surface area contributed by atoms with Gasteiger partial charge in [0.1, 0.15) is 5.69 Å². The maximum atomic E-state index is 11.9. The molecule has 2 aromatic carbocycles. The Kier molecular flexibility index (Phi) is 3.38. The number of nitrogens with zero attached hydrogens (tertiary/aromatic N) is 1. The second kappa shape index (κ2) is 5.06. The molecule has 1 fully saturated rings. The van der Waals surface area contributed by atoms with E-state index in [2.05, 4.69) is 11.8 Å². The topological polar surface area (TPSA) is 37.4 Å². The third-order valence-corrected chi connectivity index (χ3v) is 4.24. The first-order valence-electron chi connectivity index (χ1n) is 6.92. The van der Waals surface area contributed by atoms with Gasteiger partial charge in [-0.05, 0) is 36.5 Å². The average molecular weight is 290 g/mol. The fourth-order valence-corrected chi connectivity index (χ4v) is 3.08. The molecule has 0 unspecified atom stereocenters. The number of piperidine rings is 1. The lowest BCUT2D eigenvalue weighted by Crippen LogP contribution is -2.45. The van der Waals surface area contributed by atoms with Crippen LogP contribution in [0.1, 0.15) is 19.8 Å². The number of anilines is 1. The van der Waals surface area contributed by atoms with Crippen molar-refractivity contribution in [3.05, 3.63) is 49.7 Å². The van der Waals surface area contributed by atoms with E-state index in [1.807, 2.05) is 0 Å². The lowest BCUT2D eigenvalue weighted by Gasteiger charge is -2.34. The average Bonchev–Trinajstić information content (AvgIpc) is 2.45. The van der Waals surface area contributed by atoms with Crippen molar-refractivity contribution >= 4 is 17.3 Å². The van der Waals surface area contributed by atoms with Crippen molar-refractivity contribution in [2.24, 2.45) is 5.92 Å². The van der Waals surface area contributed by atoms with Gasteiger partial charge in [0.15, 0.2) is 0 Å². The SMILES string of the molecule is C[C@H]1CCCN(c2c(-c3ccc(Cl)cc3)c(=O)c2=O)C1. The Morgan fingerprint density at radius 2 is 1.85 bits per heavy atom. The molecule has 104 valence electrons. The van der Waals surface area contributed by atoms with Gasteiger partial charge < -0.3 is 4.90 Å². The zero-order valence-electron chi connectivity index (χ0n) is 11.4. The number of hydrogen-bond donors (Lipinski definition) is 0. The van der Waals surface area contributed by atoms with Gasteiger partial charge in [-0.1, -0.05) is 30.7 Å². The Balaban J connectivity index is 2.01. The third-order valence-electron chi connectivity index (χ3n) is 3.99. The van der Waals surface area contributed by atoms with Crippen molar-refractivity contribution in [3.8, 4) is 11.1 Å². The predicted octanol–water partition coefficient (Wildman–Crippen LogP) is 2.84. The van der Waals surface area contributed by atoms with Crippen molar-refractivity contribution < 1.29 is 0 Å². The highest BCUT2D eigenvalue weighted by Crippen LogP contribution is 2.30. The van der Waals surface area contributed by atoms with Gasteiger partial charge in [-0.2, -0.15) is 0 Å². The Hall–Kier alpha value is -1.61. The number of halogens is 1. The van der Waals surface area contributed by atoms with E-state index in [0.29, 0.717) is 22.2 Å². The number of benzene rings is 1. The van der Waals surface area contributed by atoms with Crippen LogP contribution in [0.3, 0.4) is 0 Å². The Morgan fingerprint density at radius 1 is 1.15 bits per heavy atom. The van der Waals surface area contributed by atoms with Crippen LogP contribution in [-0.4, -0.2) is 13.1 Å². The summed E-state index contributed by atoms with van der Waals surface area (Å²) in [4.78, 5) is 25.9. The van der Waals surface area contributed by atoms with E-state index in [9.17, 15) is 9.59 Å². The molecule has 0 aromatic heterocycles. The summed E-state index contributed by atoms with van der Waals surface area (Å²) in [5, 5.41) is 0.626. The lowest BCUT2D eigenvalue weighted by molar-refractivity contribution is 0.446. The molecule has 0 saturated carbocycles. The van der Waals surface area contributed by atoms with Crippen LogP contribution in [-0.2, 0) is 0 Å². The molecule has 2 aromatic rings. The number of hydrogen-bond acceptors (Lipinski definition) is 3. The first kappa shape index (κ1) is 13.4. The third kappa shape index (κ3) is 2.16. The van der Waals surface area contributed by atoms with E-state index >= 15 is 0 Å². The first-order valence-corrected chi connectivity index (χ1v) is 7.30. The van der Waals surface area contributed by atoms with Crippen LogP contribution in [0.25, 0.3) is 11.1 Å². The van der Waals surface area contributed by atoms with Crippen molar-refractivity contribution in [2.75, 3.05) is 18.0 Å². The summed E-state index contributed by atoms with van der Waals surface area (Å²) in [7, 11) is 0. The maximum absolute atomic E-state index is 11.9. The molecule has 3 rings (SSSR count). The Labute approximate surface area is 122 Å². The largest absolute Gasteiger partial charge is 0.367 e. The van der Waals surface area contributed by atoms with Crippen molar-refractivity contribution in [1.29, 1.82) is 0 Å². The summed E-state index contributed by atoms with van der Waals surface area (Å²) in [6, 6.07) is 7.09. The summed E-state index contributed by atoms with van der Waals surface area (Å²) >= 11 is 5.87. The zero-order valence-corrected chi connectivity index (χ0v) is 12.1. The molecule has 1 aliphatic rings. The maximum Gasteiger partial charge on any atom is 0.250 e. The van der Waals surface area contributed by atoms with Crippen LogP contribution in [0, 0.1) is 5.92 Å². The van der Waals surface area contributed by atoms with Gasteiger partial charge in [-0.3, -0.25) is 9.59 Å². The molecule has 0 bridgehead atoms. The van der Waals surface area contributed by atoms with E-state index < -0.39 is 0 Å². The molecule has 0 aliphatic carbocycles. The van der Waals surface area contributed by atoms with Gasteiger partial charge in [0.05, 0.1) is 5.56 Å². The molecule has 0 spiro atoms. The molecule has 1 heterocycles. The second-order valence-corrected chi connectivity index (χ2v) is 6.02. The van der Waals surface area contributed by atoms with E-state index in [0.717, 1.165) is 25.1 Å². The normalized spacial score (nSPS) is 19.5. The highest BCUT2D eigenvalue weighted by molar-refractivity contribution is 6.30. The lowest BCUT2D eigenvalue weighted by atomic mass is 9.94. The second-order valence-electron chi connectivity index (χ2n) is 5.58. The zero-order chi connectivity index (χ0) is 14.3. The van der Waals surface area contributed by atoms with Crippen LogP contribution in [0.5, 0.6) is 0 Å². The number of rotatable bonds is 2.